The molecule has 1 aromatic rings. The van der Waals surface area contributed by atoms with E-state index in [1.165, 1.54) is 17.5 Å². The van der Waals surface area contributed by atoms with Gasteiger partial charge in [-0.3, -0.25) is 4.90 Å². The van der Waals surface area contributed by atoms with Gasteiger partial charge >= 0.3 is 0 Å². The summed E-state index contributed by atoms with van der Waals surface area (Å²) in [4.78, 5) is 2.44. The van der Waals surface area contributed by atoms with Crippen molar-refractivity contribution in [3.8, 4) is 0 Å². The van der Waals surface area contributed by atoms with E-state index in [2.05, 4.69) is 43.0 Å². The van der Waals surface area contributed by atoms with E-state index in [4.69, 9.17) is 10.5 Å². The van der Waals surface area contributed by atoms with Crippen LogP contribution in [0, 0.1) is 0 Å². The Labute approximate surface area is 123 Å². The second-order valence-electron chi connectivity index (χ2n) is 6.19. The van der Waals surface area contributed by atoms with Gasteiger partial charge in [0.1, 0.15) is 0 Å². The van der Waals surface area contributed by atoms with Gasteiger partial charge < -0.3 is 10.5 Å². The summed E-state index contributed by atoms with van der Waals surface area (Å²) in [7, 11) is 1.81. The number of piperidine rings is 1. The Morgan fingerprint density at radius 3 is 2.65 bits per heavy atom. The number of hydrogen-bond donors (Lipinski definition) is 1. The Balaban J connectivity index is 1.94. The highest BCUT2D eigenvalue weighted by atomic mass is 16.5. The summed E-state index contributed by atoms with van der Waals surface area (Å²) in [6.45, 7) is 7.38. The molecule has 0 aromatic heterocycles. The van der Waals surface area contributed by atoms with Crippen molar-refractivity contribution in [2.24, 2.45) is 5.73 Å². The SMILES string of the molecule is CCc1ccc(C(N)CN2CCCC(C)(OC)C2)cc1. The molecule has 112 valence electrons. The zero-order chi connectivity index (χ0) is 14.6. The van der Waals surface area contributed by atoms with E-state index in [1.54, 1.807) is 0 Å². The van der Waals surface area contributed by atoms with E-state index in [1.807, 2.05) is 7.11 Å². The molecule has 1 heterocycles. The maximum absolute atomic E-state index is 6.36. The van der Waals surface area contributed by atoms with E-state index >= 15 is 0 Å². The maximum Gasteiger partial charge on any atom is 0.0777 e. The van der Waals surface area contributed by atoms with Crippen LogP contribution in [-0.4, -0.2) is 37.2 Å². The van der Waals surface area contributed by atoms with E-state index in [9.17, 15) is 0 Å². The first-order valence-corrected chi connectivity index (χ1v) is 7.68. The molecule has 0 aliphatic carbocycles. The fraction of sp³-hybridized carbons (Fsp3) is 0.647. The van der Waals surface area contributed by atoms with Crippen molar-refractivity contribution in [2.45, 2.75) is 44.8 Å². The molecule has 1 aliphatic heterocycles. The molecule has 1 aromatic carbocycles. The van der Waals surface area contributed by atoms with Crippen LogP contribution in [0.15, 0.2) is 24.3 Å². The number of methoxy groups -OCH3 is 1. The smallest absolute Gasteiger partial charge is 0.0777 e. The van der Waals surface area contributed by atoms with Crippen molar-refractivity contribution in [1.29, 1.82) is 0 Å². The lowest BCUT2D eigenvalue weighted by Gasteiger charge is -2.40. The van der Waals surface area contributed by atoms with Crippen LogP contribution < -0.4 is 5.73 Å². The number of nitrogens with zero attached hydrogens (tertiary/aromatic N) is 1. The average molecular weight is 276 g/mol. The van der Waals surface area contributed by atoms with Gasteiger partial charge in [0.05, 0.1) is 5.60 Å². The summed E-state index contributed by atoms with van der Waals surface area (Å²) in [5, 5.41) is 0. The van der Waals surface area contributed by atoms with Crippen LogP contribution in [0.25, 0.3) is 0 Å². The Morgan fingerprint density at radius 1 is 1.35 bits per heavy atom. The van der Waals surface area contributed by atoms with Crippen LogP contribution in [0.1, 0.15) is 43.9 Å². The zero-order valence-electron chi connectivity index (χ0n) is 13.1. The van der Waals surface area contributed by atoms with Crippen molar-refractivity contribution >= 4 is 0 Å². The summed E-state index contributed by atoms with van der Waals surface area (Å²) in [6, 6.07) is 8.79. The third-order valence-electron chi connectivity index (χ3n) is 4.50. The third-order valence-corrected chi connectivity index (χ3v) is 4.50. The Bertz CT molecular complexity index is 418. The number of nitrogens with two attached hydrogens (primary N) is 1. The lowest BCUT2D eigenvalue weighted by molar-refractivity contribution is -0.0516. The molecule has 2 rings (SSSR count). The molecule has 3 heteroatoms. The van der Waals surface area contributed by atoms with Gasteiger partial charge in [0.25, 0.3) is 0 Å². The number of ether oxygens (including phenoxy) is 1. The van der Waals surface area contributed by atoms with Crippen LogP contribution in [0.5, 0.6) is 0 Å². The fourth-order valence-electron chi connectivity index (χ4n) is 3.01. The van der Waals surface area contributed by atoms with Gasteiger partial charge in [-0.1, -0.05) is 31.2 Å². The molecule has 0 radical (unpaired) electrons. The van der Waals surface area contributed by atoms with Gasteiger partial charge in [0.2, 0.25) is 0 Å². The largest absolute Gasteiger partial charge is 0.377 e. The molecule has 3 nitrogen and oxygen atoms in total. The summed E-state index contributed by atoms with van der Waals surface area (Å²) in [5.41, 5.74) is 8.95. The molecule has 0 spiro atoms. The lowest BCUT2D eigenvalue weighted by Crippen LogP contribution is -2.49. The summed E-state index contributed by atoms with van der Waals surface area (Å²) >= 11 is 0. The highest BCUT2D eigenvalue weighted by Crippen LogP contribution is 2.25. The van der Waals surface area contributed by atoms with Crippen molar-refractivity contribution in [2.75, 3.05) is 26.7 Å². The van der Waals surface area contributed by atoms with E-state index in [-0.39, 0.29) is 11.6 Å². The molecule has 0 saturated carbocycles. The minimum atomic E-state index is -0.00988. The highest BCUT2D eigenvalue weighted by molar-refractivity contribution is 5.25. The first kappa shape index (κ1) is 15.5. The average Bonchev–Trinajstić information content (AvgIpc) is 2.47. The van der Waals surface area contributed by atoms with Crippen LogP contribution in [0.3, 0.4) is 0 Å². The molecule has 0 bridgehead atoms. The lowest BCUT2D eigenvalue weighted by atomic mass is 9.94. The van der Waals surface area contributed by atoms with Crippen LogP contribution in [0.2, 0.25) is 0 Å². The van der Waals surface area contributed by atoms with E-state index in [0.29, 0.717) is 0 Å². The molecular weight excluding hydrogens is 248 g/mol. The van der Waals surface area contributed by atoms with Gasteiger partial charge in [-0.05, 0) is 43.9 Å². The number of benzene rings is 1. The first-order valence-electron chi connectivity index (χ1n) is 7.68. The molecule has 1 fully saturated rings. The first-order chi connectivity index (χ1) is 9.56. The van der Waals surface area contributed by atoms with Crippen molar-refractivity contribution in [3.05, 3.63) is 35.4 Å². The summed E-state index contributed by atoms with van der Waals surface area (Å²) in [6.07, 6.45) is 3.40. The summed E-state index contributed by atoms with van der Waals surface area (Å²) < 4.78 is 5.64. The normalized spacial score (nSPS) is 25.6. The predicted octanol–water partition coefficient (Wildman–Crippen LogP) is 2.75. The molecule has 1 saturated heterocycles. The molecule has 20 heavy (non-hydrogen) atoms. The zero-order valence-corrected chi connectivity index (χ0v) is 13.1. The van der Waals surface area contributed by atoms with Gasteiger partial charge in [0, 0.05) is 26.2 Å². The van der Waals surface area contributed by atoms with Crippen LogP contribution >= 0.6 is 0 Å². The highest BCUT2D eigenvalue weighted by Gasteiger charge is 2.31. The van der Waals surface area contributed by atoms with Gasteiger partial charge in [-0.2, -0.15) is 0 Å². The van der Waals surface area contributed by atoms with Crippen molar-refractivity contribution in [3.63, 3.8) is 0 Å². The number of aryl methyl sites for hydroxylation is 1. The van der Waals surface area contributed by atoms with Crippen LogP contribution in [0.4, 0.5) is 0 Å². The number of likely N-dealkylation sites (tertiary alicyclic amines) is 1. The quantitative estimate of drug-likeness (QED) is 0.898. The number of rotatable bonds is 5. The fourth-order valence-corrected chi connectivity index (χ4v) is 3.01. The van der Waals surface area contributed by atoms with Crippen LogP contribution in [-0.2, 0) is 11.2 Å². The molecule has 2 unspecified atom stereocenters. The van der Waals surface area contributed by atoms with Crippen molar-refractivity contribution in [1.82, 2.24) is 4.90 Å². The second kappa shape index (κ2) is 6.70. The summed E-state index contributed by atoms with van der Waals surface area (Å²) in [5.74, 6) is 0. The Morgan fingerprint density at radius 2 is 2.05 bits per heavy atom. The third kappa shape index (κ3) is 3.81. The van der Waals surface area contributed by atoms with Gasteiger partial charge in [-0.25, -0.2) is 0 Å². The van der Waals surface area contributed by atoms with E-state index < -0.39 is 0 Å². The minimum Gasteiger partial charge on any atom is -0.377 e. The van der Waals surface area contributed by atoms with E-state index in [0.717, 1.165) is 32.5 Å². The standard InChI is InChI=1S/C17H28N2O/c1-4-14-6-8-15(9-7-14)16(18)12-19-11-5-10-17(2,13-19)20-3/h6-9,16H,4-5,10-13,18H2,1-3H3. The monoisotopic (exact) mass is 276 g/mol. The van der Waals surface area contributed by atoms with Gasteiger partial charge in [0.15, 0.2) is 0 Å². The Kier molecular flexibility index (Phi) is 5.19. The predicted molar refractivity (Wildman–Crippen MR) is 83.8 cm³/mol. The minimum absolute atomic E-state index is 0.00988. The molecule has 2 N–H and O–H groups in total. The topological polar surface area (TPSA) is 38.5 Å². The maximum atomic E-state index is 6.36. The second-order valence-corrected chi connectivity index (χ2v) is 6.19. The van der Waals surface area contributed by atoms with Gasteiger partial charge in [-0.15, -0.1) is 0 Å². The molecule has 0 amide bonds. The molecule has 2 atom stereocenters. The molecular formula is C17H28N2O. The molecule has 1 aliphatic rings. The number of hydrogen-bond acceptors (Lipinski definition) is 3. The van der Waals surface area contributed by atoms with Crippen molar-refractivity contribution < 1.29 is 4.74 Å². The Hall–Kier alpha value is -0.900.